The monoisotopic (exact) mass is 1790 g/mol. The Morgan fingerprint density at radius 2 is 0.563 bits per heavy atom. The molecular weight excluding hydrogens is 1660 g/mol. The van der Waals surface area contributed by atoms with Gasteiger partial charge in [0.2, 0.25) is 58.6 Å². The number of aromatic nitrogens is 1. The summed E-state index contributed by atoms with van der Waals surface area (Å²) in [7, 11) is 0. The van der Waals surface area contributed by atoms with Crippen molar-refractivity contribution in [3.05, 3.63) is 36.4 Å². The zero-order valence-corrected chi connectivity index (χ0v) is 73.9. The van der Waals surface area contributed by atoms with Crippen molar-refractivity contribution in [2.45, 2.75) is 223 Å². The molecule has 0 unspecified atom stereocenters. The Kier molecular flexibility index (Phi) is 46.5. The third-order valence-electron chi connectivity index (χ3n) is 18.0. The van der Waals surface area contributed by atoms with E-state index in [1.165, 1.54) is 11.3 Å². The van der Waals surface area contributed by atoms with E-state index in [0.717, 1.165) is 26.1 Å². The Balaban J connectivity index is 2.08. The van der Waals surface area contributed by atoms with E-state index in [-0.39, 0.29) is 174 Å². The third-order valence-corrected chi connectivity index (χ3v) is 19.1. The SMILES string of the molecule is CC(C)(CNC(=O)[C@H](CCCNC(=N)N)NC(=O)[C@H](CCCNC(=N)N)NC(=O)[C@H](CCCNC(=N)N)NC(=O)[C@H](CCCNC(=N)N)NC(=O)[C@H](CCCNC(=N)N)NC(=O)[C@H](CCCNC(=N)N)NC(=O)[C@H](CCCNC(=N)N)NC(=O)[C@H](CCCNC(=N)N)NC(=O)OC(C)(C)C)Nc1ccc2nc3ccc(NCCNC(=O)OC(C)(C)C)cc3[s+]c2c1. The molecule has 1 aromatic heterocycles. The molecule has 0 fully saturated rings. The summed E-state index contributed by atoms with van der Waals surface area (Å²) in [6.45, 7) is 14.8. The number of benzene rings is 2. The van der Waals surface area contributed by atoms with Crippen LogP contribution in [0.25, 0.3) is 20.4 Å². The summed E-state index contributed by atoms with van der Waals surface area (Å²) in [6, 6.07) is -0.435. The van der Waals surface area contributed by atoms with Crippen LogP contribution in [0.3, 0.4) is 0 Å². The molecule has 8 atom stereocenters. The molecule has 0 saturated carbocycles. The Labute approximate surface area is 736 Å². The molecule has 0 aliphatic heterocycles. The number of fused-ring (bicyclic) bond motifs is 2. The van der Waals surface area contributed by atoms with E-state index in [4.69, 9.17) is 104 Å². The number of nitrogens with one attached hydrogen (secondary N) is 28. The Morgan fingerprint density at radius 3 is 0.833 bits per heavy atom. The Hall–Kier alpha value is -13.5. The van der Waals surface area contributed by atoms with E-state index >= 15 is 14.4 Å². The molecule has 44 N–H and O–H groups in total. The number of hydrogen-bond acceptors (Lipinski definition) is 23. The minimum Gasteiger partial charge on any atom is -0.444 e. The highest BCUT2D eigenvalue weighted by Gasteiger charge is 2.37. The average molecular weight is 1790 g/mol. The maximum atomic E-state index is 15.1. The van der Waals surface area contributed by atoms with Crippen molar-refractivity contribution in [2.24, 2.45) is 45.9 Å². The fourth-order valence-electron chi connectivity index (χ4n) is 12.1. The normalized spacial score (nSPS) is 13.1. The number of anilines is 2. The molecule has 2 aromatic carbocycles. The van der Waals surface area contributed by atoms with E-state index in [1.54, 1.807) is 41.5 Å². The number of ether oxygens (including phenoxy) is 2. The number of alkyl carbamates (subject to hydrolysis) is 2. The molecule has 1 heterocycles. The van der Waals surface area contributed by atoms with Gasteiger partial charge in [-0.3, -0.25) is 81.6 Å². The van der Waals surface area contributed by atoms with E-state index in [9.17, 15) is 33.6 Å². The molecule has 49 nitrogen and oxygen atoms in total. The topological polar surface area (TPSA) is 842 Å². The summed E-state index contributed by atoms with van der Waals surface area (Å²) in [6.07, 6.45) is -2.13. The second-order valence-electron chi connectivity index (χ2n) is 32.1. The lowest BCUT2D eigenvalue weighted by Gasteiger charge is -2.30. The highest BCUT2D eigenvalue weighted by atomic mass is 32.1. The van der Waals surface area contributed by atoms with Gasteiger partial charge in [-0.15, -0.1) is 0 Å². The standard InChI is InChI=1S/C76H135N37O12S/c1-74(2,3)124-72(122)102-38-37-93-42-25-27-44-54(39-42)126-55-40-43(26-28-45(55)104-44)113-76(7,8)41-103-56(114)46(17-9-29-94-64(77)78)105-57(115)47(18-10-30-95-65(79)80)106-58(116)48(19-11-31-96-66(81)82)107-59(117)49(20-12-32-97-67(83)84)108-60(118)50(21-13-33-98-68(85)86)109-61(119)51(22-14-34-99-69(87)88)110-62(120)52(23-15-35-100-70(89)90)111-63(121)53(24-16-36-101-71(91)92)112-73(123)125-75(4,5)6/h25-28,39-40,46-53,93,113H,9-24,29-38,41H2,1-8H3,(H41-,77,78,79,80,81,82,83,84,85,86,87,88,89,90,91,92,94,95,96,97,98,99,100,101,102,103,105,106,107,108,109,110,111,112,114,115,116,117,118,119,120,121,122,123)/p+1/t46-,47-,48-,49-,50-,51-,52-,53-/m0/s1. The van der Waals surface area contributed by atoms with Crippen molar-refractivity contribution in [2.75, 3.05) is 82.6 Å². The first-order chi connectivity index (χ1) is 59.2. The second kappa shape index (κ2) is 54.9. The van der Waals surface area contributed by atoms with Gasteiger partial charge in [0.15, 0.2) is 47.7 Å². The van der Waals surface area contributed by atoms with E-state index < -0.39 is 160 Å². The number of carbonyl (C=O) groups is 10. The maximum absolute atomic E-state index is 15.1. The number of guanidine groups is 8. The van der Waals surface area contributed by atoms with Crippen LogP contribution in [-0.4, -0.2) is 249 Å². The number of rotatable bonds is 56. The first kappa shape index (κ1) is 107. The van der Waals surface area contributed by atoms with Gasteiger partial charge in [-0.2, -0.15) is 0 Å². The molecule has 0 spiro atoms. The van der Waals surface area contributed by atoms with Crippen LogP contribution >= 0.6 is 11.3 Å². The predicted octanol–water partition coefficient (Wildman–Crippen LogP) is -3.63. The molecule has 10 amide bonds. The summed E-state index contributed by atoms with van der Waals surface area (Å²) < 4.78 is 12.5. The molecule has 3 rings (SSSR count). The lowest BCUT2D eigenvalue weighted by Crippen LogP contribution is -2.60. The number of nitrogens with zero attached hydrogens (tertiary/aromatic N) is 1. The average Bonchev–Trinajstić information content (AvgIpc) is 0.788. The number of nitrogens with two attached hydrogens (primary N) is 8. The molecule has 0 radical (unpaired) electrons. The van der Waals surface area contributed by atoms with Gasteiger partial charge in [-0.25, -0.2) is 14.6 Å². The third kappa shape index (κ3) is 46.7. The molecule has 126 heavy (non-hydrogen) atoms. The van der Waals surface area contributed by atoms with Crippen molar-refractivity contribution in [1.82, 2.24) is 101 Å². The molecule has 50 heteroatoms. The van der Waals surface area contributed by atoms with Crippen LogP contribution in [0.15, 0.2) is 36.4 Å². The van der Waals surface area contributed by atoms with Crippen LogP contribution in [-0.2, 0) is 47.8 Å². The molecule has 3 aromatic rings. The summed E-state index contributed by atoms with van der Waals surface area (Å²) in [5.74, 6) is -10.4. The van der Waals surface area contributed by atoms with Gasteiger partial charge in [0.25, 0.3) is 9.40 Å². The van der Waals surface area contributed by atoms with Crippen molar-refractivity contribution < 1.29 is 57.4 Å². The molecule has 0 saturated heterocycles. The highest BCUT2D eigenvalue weighted by Crippen LogP contribution is 2.31. The van der Waals surface area contributed by atoms with Gasteiger partial charge < -0.3 is 162 Å². The van der Waals surface area contributed by atoms with Crippen LogP contribution in [0, 0.1) is 43.3 Å². The number of amides is 10. The summed E-state index contributed by atoms with van der Waals surface area (Å²) in [4.78, 5) is 149. The lowest BCUT2D eigenvalue weighted by molar-refractivity contribution is -0.136. The number of hydrogen-bond donors (Lipinski definition) is 36. The van der Waals surface area contributed by atoms with Crippen LogP contribution in [0.2, 0.25) is 0 Å². The minimum atomic E-state index is -1.59. The molecule has 0 aliphatic rings. The maximum Gasteiger partial charge on any atom is 0.408 e. The molecular formula is C76H136N37O12S+. The van der Waals surface area contributed by atoms with Crippen LogP contribution in [0.5, 0.6) is 0 Å². The van der Waals surface area contributed by atoms with Gasteiger partial charge >= 0.3 is 12.2 Å². The smallest absolute Gasteiger partial charge is 0.408 e. The number of carbonyl (C=O) groups excluding carboxylic acids is 10. The van der Waals surface area contributed by atoms with Crippen molar-refractivity contribution in [1.29, 1.82) is 43.3 Å². The molecule has 0 bridgehead atoms. The quantitative estimate of drug-likeness (QED) is 0.00852. The van der Waals surface area contributed by atoms with Gasteiger partial charge in [0, 0.05) is 101 Å². The van der Waals surface area contributed by atoms with E-state index in [2.05, 4.69) is 106 Å². The van der Waals surface area contributed by atoms with Gasteiger partial charge in [0.1, 0.15) is 70.6 Å². The van der Waals surface area contributed by atoms with E-state index in [0.29, 0.717) is 18.8 Å². The van der Waals surface area contributed by atoms with Crippen LogP contribution in [0.4, 0.5) is 21.0 Å². The second-order valence-corrected chi connectivity index (χ2v) is 33.2. The van der Waals surface area contributed by atoms with Gasteiger partial charge in [0.05, 0.1) is 0 Å². The van der Waals surface area contributed by atoms with Crippen molar-refractivity contribution >= 4 is 150 Å². The Morgan fingerprint density at radius 1 is 0.317 bits per heavy atom. The van der Waals surface area contributed by atoms with E-state index in [1.807, 2.05) is 50.2 Å². The largest absolute Gasteiger partial charge is 0.444 e. The van der Waals surface area contributed by atoms with Crippen LogP contribution in [0.1, 0.15) is 158 Å². The van der Waals surface area contributed by atoms with Crippen molar-refractivity contribution in [3.63, 3.8) is 0 Å². The van der Waals surface area contributed by atoms with Crippen molar-refractivity contribution in [3.8, 4) is 0 Å². The fraction of sp³-hybridized carbons (Fsp3) is 0.605. The zero-order valence-electron chi connectivity index (χ0n) is 73.0. The summed E-state index contributed by atoms with van der Waals surface area (Å²) in [5, 5.41) is 117. The summed E-state index contributed by atoms with van der Waals surface area (Å²) in [5.41, 5.74) is 45.2. The summed E-state index contributed by atoms with van der Waals surface area (Å²) >= 11 is 1.51. The fourth-order valence-corrected chi connectivity index (χ4v) is 13.1. The van der Waals surface area contributed by atoms with Gasteiger partial charge in [-0.1, -0.05) is 0 Å². The predicted molar refractivity (Wildman–Crippen MR) is 485 cm³/mol. The highest BCUT2D eigenvalue weighted by molar-refractivity contribution is 7.24. The molecule has 0 aliphatic carbocycles. The minimum absolute atomic E-state index is 0.00238. The van der Waals surface area contributed by atoms with Crippen LogP contribution < -0.4 is 152 Å². The Bertz CT molecular complexity index is 4200. The first-order valence-electron chi connectivity index (χ1n) is 41.4. The van der Waals surface area contributed by atoms with Gasteiger partial charge in [-0.05, 0) is 182 Å². The molecule has 702 valence electrons. The first-order valence-corrected chi connectivity index (χ1v) is 42.2. The zero-order chi connectivity index (χ0) is 94.3. The lowest BCUT2D eigenvalue weighted by atomic mass is 10.0.